The van der Waals surface area contributed by atoms with E-state index in [2.05, 4.69) is 39.5 Å². The van der Waals surface area contributed by atoms with Crippen LogP contribution in [0.4, 0.5) is 5.69 Å². The smallest absolute Gasteiger partial charge is 0.335 e. The SMILES string of the molecule is CC(C)(CNc1ccc(C(=O)O)cc1)NC(=O)c1ccc2c(C3CCCCC3)c3n(c2c1)CCOc1ccccc1-3. The van der Waals surface area contributed by atoms with Gasteiger partial charge in [-0.05, 0) is 86.7 Å². The first-order chi connectivity index (χ1) is 19.8. The van der Waals surface area contributed by atoms with Crippen LogP contribution in [0, 0.1) is 0 Å². The second kappa shape index (κ2) is 11.0. The lowest BCUT2D eigenvalue weighted by Gasteiger charge is -2.27. The lowest BCUT2D eigenvalue weighted by atomic mass is 9.81. The lowest BCUT2D eigenvalue weighted by Crippen LogP contribution is -2.48. The quantitative estimate of drug-likeness (QED) is 0.229. The Morgan fingerprint density at radius 3 is 2.46 bits per heavy atom. The van der Waals surface area contributed by atoms with Gasteiger partial charge in [-0.25, -0.2) is 4.79 Å². The van der Waals surface area contributed by atoms with Gasteiger partial charge in [0.05, 0.1) is 23.3 Å². The van der Waals surface area contributed by atoms with Crippen LogP contribution in [-0.4, -0.2) is 40.2 Å². The third kappa shape index (κ3) is 5.41. The van der Waals surface area contributed by atoms with E-state index in [1.165, 1.54) is 48.7 Å². The zero-order valence-corrected chi connectivity index (χ0v) is 23.7. The molecule has 0 atom stereocenters. The van der Waals surface area contributed by atoms with Crippen LogP contribution in [-0.2, 0) is 6.54 Å². The highest BCUT2D eigenvalue weighted by Gasteiger charge is 2.30. The zero-order valence-electron chi connectivity index (χ0n) is 23.7. The summed E-state index contributed by atoms with van der Waals surface area (Å²) in [5.74, 6) is 0.349. The zero-order chi connectivity index (χ0) is 28.6. The largest absolute Gasteiger partial charge is 0.491 e. The first-order valence-corrected chi connectivity index (χ1v) is 14.6. The Kier molecular flexibility index (Phi) is 7.20. The van der Waals surface area contributed by atoms with Crippen LogP contribution >= 0.6 is 0 Å². The Balaban J connectivity index is 1.30. The molecule has 0 saturated heterocycles. The van der Waals surface area contributed by atoms with E-state index in [1.807, 2.05) is 32.0 Å². The molecule has 1 aromatic heterocycles. The molecule has 7 nitrogen and oxygen atoms in total. The van der Waals surface area contributed by atoms with Gasteiger partial charge in [-0.15, -0.1) is 0 Å². The van der Waals surface area contributed by atoms with Gasteiger partial charge >= 0.3 is 5.97 Å². The number of aromatic carboxylic acids is 1. The number of amides is 1. The minimum Gasteiger partial charge on any atom is -0.491 e. The minimum atomic E-state index is -0.955. The number of hydrogen-bond acceptors (Lipinski definition) is 4. The third-order valence-corrected chi connectivity index (χ3v) is 8.41. The number of aromatic nitrogens is 1. The van der Waals surface area contributed by atoms with Crippen LogP contribution in [0.3, 0.4) is 0 Å². The first-order valence-electron chi connectivity index (χ1n) is 14.6. The first kappa shape index (κ1) is 26.9. The van der Waals surface area contributed by atoms with E-state index in [9.17, 15) is 9.59 Å². The average molecular weight is 552 g/mol. The van der Waals surface area contributed by atoms with Crippen molar-refractivity contribution in [2.24, 2.45) is 0 Å². The van der Waals surface area contributed by atoms with Crippen molar-refractivity contribution in [2.45, 2.75) is 64.0 Å². The summed E-state index contributed by atoms with van der Waals surface area (Å²) >= 11 is 0. The fourth-order valence-corrected chi connectivity index (χ4v) is 6.36. The molecule has 0 bridgehead atoms. The number of carboxylic acid groups (broad SMARTS) is 1. The Morgan fingerprint density at radius 1 is 0.976 bits per heavy atom. The second-order valence-electron chi connectivity index (χ2n) is 11.9. The molecule has 2 heterocycles. The van der Waals surface area contributed by atoms with Gasteiger partial charge in [-0.2, -0.15) is 0 Å². The van der Waals surface area contributed by atoms with E-state index in [4.69, 9.17) is 9.84 Å². The molecular formula is C34H37N3O4. The van der Waals surface area contributed by atoms with Gasteiger partial charge in [0.15, 0.2) is 0 Å². The molecule has 0 radical (unpaired) electrons. The van der Waals surface area contributed by atoms with Crippen molar-refractivity contribution in [3.63, 3.8) is 0 Å². The molecule has 1 saturated carbocycles. The predicted molar refractivity (Wildman–Crippen MR) is 162 cm³/mol. The summed E-state index contributed by atoms with van der Waals surface area (Å²) in [6.45, 7) is 5.74. The van der Waals surface area contributed by atoms with Gasteiger partial charge in [-0.1, -0.05) is 37.5 Å². The van der Waals surface area contributed by atoms with Crippen LogP contribution in [0.5, 0.6) is 5.75 Å². The number of nitrogens with one attached hydrogen (secondary N) is 2. The maximum atomic E-state index is 13.5. The number of benzene rings is 3. The molecule has 4 aromatic rings. The Morgan fingerprint density at radius 2 is 1.71 bits per heavy atom. The van der Waals surface area contributed by atoms with E-state index in [-0.39, 0.29) is 11.5 Å². The predicted octanol–water partition coefficient (Wildman–Crippen LogP) is 7.07. The van der Waals surface area contributed by atoms with Gasteiger partial charge in [0.2, 0.25) is 0 Å². The average Bonchev–Trinajstić information content (AvgIpc) is 3.17. The Hall–Kier alpha value is -4.26. The lowest BCUT2D eigenvalue weighted by molar-refractivity contribution is 0.0696. The van der Waals surface area contributed by atoms with Gasteiger partial charge in [0, 0.05) is 34.3 Å². The standard InChI is InChI=1S/C34H37N3O4/c1-34(2,21-35-25-15-12-23(13-16-25)33(39)40)36-32(38)24-14-17-26-28(20-24)37-18-19-41-29-11-7-6-10-27(29)31(37)30(26)22-8-4-3-5-9-22/h6-7,10-17,20,22,35H,3-5,8-9,18-19,21H2,1-2H3,(H,36,38)(H,39,40). The Bertz CT molecular complexity index is 1600. The van der Waals surface area contributed by atoms with Crippen LogP contribution < -0.4 is 15.4 Å². The third-order valence-electron chi connectivity index (χ3n) is 8.41. The van der Waals surface area contributed by atoms with Crippen molar-refractivity contribution in [1.82, 2.24) is 9.88 Å². The van der Waals surface area contributed by atoms with Crippen molar-refractivity contribution >= 4 is 28.5 Å². The monoisotopic (exact) mass is 551 g/mol. The van der Waals surface area contributed by atoms with Crippen LogP contribution in [0.15, 0.2) is 66.7 Å². The van der Waals surface area contributed by atoms with E-state index >= 15 is 0 Å². The van der Waals surface area contributed by atoms with E-state index < -0.39 is 11.5 Å². The molecule has 1 amide bonds. The van der Waals surface area contributed by atoms with Gasteiger partial charge in [-0.3, -0.25) is 4.79 Å². The normalized spacial score (nSPS) is 15.4. The molecule has 1 fully saturated rings. The Labute approximate surface area is 240 Å². The number of para-hydroxylation sites is 1. The van der Waals surface area contributed by atoms with Gasteiger partial charge in [0.25, 0.3) is 5.91 Å². The fourth-order valence-electron chi connectivity index (χ4n) is 6.36. The summed E-state index contributed by atoms with van der Waals surface area (Å²) < 4.78 is 8.54. The number of anilines is 1. The molecule has 7 heteroatoms. The molecule has 1 aliphatic heterocycles. The number of nitrogens with zero attached hydrogens (tertiary/aromatic N) is 1. The second-order valence-corrected chi connectivity index (χ2v) is 11.9. The van der Waals surface area contributed by atoms with Crippen molar-refractivity contribution < 1.29 is 19.4 Å². The topological polar surface area (TPSA) is 92.6 Å². The van der Waals surface area contributed by atoms with Crippen LogP contribution in [0.25, 0.3) is 22.2 Å². The number of rotatable bonds is 7. The fraction of sp³-hybridized carbons (Fsp3) is 0.353. The summed E-state index contributed by atoms with van der Waals surface area (Å²) in [7, 11) is 0. The van der Waals surface area contributed by atoms with Crippen LogP contribution in [0.1, 0.15) is 78.1 Å². The molecular weight excluding hydrogens is 514 g/mol. The summed E-state index contributed by atoms with van der Waals surface area (Å²) in [5.41, 5.74) is 5.99. The molecule has 3 aromatic carbocycles. The summed E-state index contributed by atoms with van der Waals surface area (Å²) in [6.07, 6.45) is 6.19. The summed E-state index contributed by atoms with van der Waals surface area (Å²) in [6, 6.07) is 21.1. The molecule has 212 valence electrons. The molecule has 1 aliphatic carbocycles. The summed E-state index contributed by atoms with van der Waals surface area (Å²) in [4.78, 5) is 24.7. The highest BCUT2D eigenvalue weighted by Crippen LogP contribution is 2.47. The van der Waals surface area contributed by atoms with Gasteiger partial charge in [0.1, 0.15) is 12.4 Å². The summed E-state index contributed by atoms with van der Waals surface area (Å²) in [5, 5.41) is 16.9. The van der Waals surface area contributed by atoms with E-state index in [1.54, 1.807) is 24.3 Å². The van der Waals surface area contributed by atoms with Crippen molar-refractivity contribution in [2.75, 3.05) is 18.5 Å². The molecule has 0 spiro atoms. The number of ether oxygens (including phenoxy) is 1. The molecule has 6 rings (SSSR count). The van der Waals surface area contributed by atoms with Gasteiger partial charge < -0.3 is 25.0 Å². The molecule has 3 N–H and O–H groups in total. The number of carbonyl (C=O) groups is 2. The van der Waals surface area contributed by atoms with E-state index in [0.29, 0.717) is 24.6 Å². The number of carbonyl (C=O) groups excluding carboxylic acids is 1. The number of fused-ring (bicyclic) bond motifs is 5. The maximum absolute atomic E-state index is 13.5. The minimum absolute atomic E-state index is 0.125. The van der Waals surface area contributed by atoms with Crippen molar-refractivity contribution in [3.05, 3.63) is 83.4 Å². The van der Waals surface area contributed by atoms with Crippen LogP contribution in [0.2, 0.25) is 0 Å². The van der Waals surface area contributed by atoms with Crippen molar-refractivity contribution in [3.8, 4) is 17.0 Å². The maximum Gasteiger partial charge on any atom is 0.335 e. The molecule has 41 heavy (non-hydrogen) atoms. The molecule has 0 unspecified atom stereocenters. The molecule has 2 aliphatic rings. The highest BCUT2D eigenvalue weighted by molar-refractivity contribution is 6.01. The highest BCUT2D eigenvalue weighted by atomic mass is 16.5. The number of carboxylic acids is 1. The van der Waals surface area contributed by atoms with E-state index in [0.717, 1.165) is 29.1 Å². The number of hydrogen-bond donors (Lipinski definition) is 3. The van der Waals surface area contributed by atoms with Crippen molar-refractivity contribution in [1.29, 1.82) is 0 Å².